The number of carbonyl (C=O) groups is 3. The lowest BCUT2D eigenvalue weighted by atomic mass is 9.79. The van der Waals surface area contributed by atoms with E-state index in [1.54, 1.807) is 33.8 Å². The number of carbonyl (C=O) groups excluding carboxylic acids is 3. The number of benzene rings is 1. The third kappa shape index (κ3) is 6.44. The zero-order chi connectivity index (χ0) is 26.3. The number of aliphatic hydroxyl groups is 1. The van der Waals surface area contributed by atoms with E-state index in [2.05, 4.69) is 10.6 Å². The second-order valence-corrected chi connectivity index (χ2v) is 8.42. The van der Waals surface area contributed by atoms with Gasteiger partial charge in [0.1, 0.15) is 6.04 Å². The monoisotopic (exact) mass is 489 g/mol. The van der Waals surface area contributed by atoms with Crippen molar-refractivity contribution in [3.63, 3.8) is 0 Å². The van der Waals surface area contributed by atoms with Crippen molar-refractivity contribution in [3.8, 4) is 0 Å². The van der Waals surface area contributed by atoms with Crippen LogP contribution in [0.25, 0.3) is 0 Å². The molecule has 0 bridgehead atoms. The van der Waals surface area contributed by atoms with E-state index >= 15 is 0 Å². The van der Waals surface area contributed by atoms with Gasteiger partial charge >= 0.3 is 11.9 Å². The first kappa shape index (κ1) is 27.5. The summed E-state index contributed by atoms with van der Waals surface area (Å²) in [7, 11) is 1.20. The van der Waals surface area contributed by atoms with Gasteiger partial charge in [-0.25, -0.2) is 9.59 Å². The maximum atomic E-state index is 13.6. The molecule has 35 heavy (non-hydrogen) atoms. The molecule has 1 aliphatic rings. The van der Waals surface area contributed by atoms with Gasteiger partial charge in [-0.1, -0.05) is 26.0 Å². The molecule has 1 amide bonds. The van der Waals surface area contributed by atoms with Crippen LogP contribution in [0.3, 0.4) is 0 Å². The van der Waals surface area contributed by atoms with E-state index in [1.165, 1.54) is 25.3 Å². The second-order valence-electron chi connectivity index (χ2n) is 8.42. The first-order chi connectivity index (χ1) is 16.5. The maximum Gasteiger partial charge on any atom is 0.336 e. The predicted octanol–water partition coefficient (Wildman–Crippen LogP) is 2.07. The molecule has 1 aromatic rings. The number of methoxy groups -OCH3 is 1. The van der Waals surface area contributed by atoms with Gasteiger partial charge in [0.05, 0.1) is 30.1 Å². The summed E-state index contributed by atoms with van der Waals surface area (Å²) in [5.74, 6) is -3.31. The number of dihydropyridines is 1. The fraction of sp³-hybridized carbons (Fsp3) is 0.458. The Hall–Kier alpha value is -3.73. The number of nitro groups is 1. The maximum absolute atomic E-state index is 13.6. The highest BCUT2D eigenvalue weighted by Crippen LogP contribution is 2.39. The first-order valence-corrected chi connectivity index (χ1v) is 11.1. The van der Waals surface area contributed by atoms with Crippen LogP contribution >= 0.6 is 0 Å². The SMILES string of the molecule is COC(=O)C1=C(C)NC(C)=C(C(=O)NC(C(=O)OCCCO)C(C)C)C1c1cccc([N+](=O)[O-])c1. The molecule has 2 unspecified atom stereocenters. The van der Waals surface area contributed by atoms with Crippen molar-refractivity contribution < 1.29 is 33.9 Å². The van der Waals surface area contributed by atoms with E-state index in [9.17, 15) is 24.5 Å². The van der Waals surface area contributed by atoms with E-state index < -0.39 is 34.7 Å². The van der Waals surface area contributed by atoms with Crippen LogP contribution in [0.15, 0.2) is 46.8 Å². The number of nitrogens with one attached hydrogen (secondary N) is 2. The summed E-state index contributed by atoms with van der Waals surface area (Å²) in [5, 5.41) is 26.0. The smallest absolute Gasteiger partial charge is 0.336 e. The Morgan fingerprint density at radius 2 is 1.86 bits per heavy atom. The van der Waals surface area contributed by atoms with Crippen LogP contribution in [0.4, 0.5) is 5.69 Å². The number of esters is 2. The number of amides is 1. The van der Waals surface area contributed by atoms with Gasteiger partial charge in [-0.2, -0.15) is 0 Å². The highest BCUT2D eigenvalue weighted by Gasteiger charge is 2.39. The Kier molecular flexibility index (Phi) is 9.52. The van der Waals surface area contributed by atoms with Gasteiger partial charge in [0, 0.05) is 42.1 Å². The van der Waals surface area contributed by atoms with Crippen LogP contribution in [0.2, 0.25) is 0 Å². The lowest BCUT2D eigenvalue weighted by Crippen LogP contribution is -2.47. The molecule has 1 heterocycles. The molecule has 0 spiro atoms. The highest BCUT2D eigenvalue weighted by atomic mass is 16.6. The summed E-state index contributed by atoms with van der Waals surface area (Å²) in [5.41, 5.74) is 1.23. The van der Waals surface area contributed by atoms with Gasteiger partial charge in [-0.3, -0.25) is 14.9 Å². The third-order valence-electron chi connectivity index (χ3n) is 5.58. The summed E-state index contributed by atoms with van der Waals surface area (Å²) in [6.45, 7) is 6.62. The zero-order valence-electron chi connectivity index (χ0n) is 20.4. The fourth-order valence-corrected chi connectivity index (χ4v) is 3.87. The molecule has 2 rings (SSSR count). The van der Waals surface area contributed by atoms with Crippen molar-refractivity contribution in [1.29, 1.82) is 0 Å². The number of allylic oxidation sites excluding steroid dienone is 2. The minimum Gasteiger partial charge on any atom is -0.466 e. The molecular weight excluding hydrogens is 458 g/mol. The van der Waals surface area contributed by atoms with Crippen molar-refractivity contribution in [2.24, 2.45) is 5.92 Å². The molecule has 0 saturated carbocycles. The Morgan fingerprint density at radius 3 is 2.43 bits per heavy atom. The van der Waals surface area contributed by atoms with Crippen molar-refractivity contribution in [2.75, 3.05) is 20.3 Å². The van der Waals surface area contributed by atoms with Crippen LogP contribution in [-0.2, 0) is 23.9 Å². The first-order valence-electron chi connectivity index (χ1n) is 11.1. The van der Waals surface area contributed by atoms with Crippen molar-refractivity contribution >= 4 is 23.5 Å². The Morgan fingerprint density at radius 1 is 1.20 bits per heavy atom. The van der Waals surface area contributed by atoms with E-state index in [0.717, 1.165) is 0 Å². The minimum absolute atomic E-state index is 0.00241. The topological polar surface area (TPSA) is 157 Å². The molecular formula is C24H31N3O8. The molecule has 3 N–H and O–H groups in total. The van der Waals surface area contributed by atoms with Crippen LogP contribution in [0, 0.1) is 16.0 Å². The molecule has 1 aliphatic heterocycles. The summed E-state index contributed by atoms with van der Waals surface area (Å²) in [6.07, 6.45) is 0.264. The summed E-state index contributed by atoms with van der Waals surface area (Å²) >= 11 is 0. The molecule has 0 aromatic heterocycles. The Bertz CT molecular complexity index is 1060. The quantitative estimate of drug-likeness (QED) is 0.194. The lowest BCUT2D eigenvalue weighted by Gasteiger charge is -2.32. The number of nitro benzene ring substituents is 1. The van der Waals surface area contributed by atoms with E-state index in [0.29, 0.717) is 17.0 Å². The van der Waals surface area contributed by atoms with Crippen LogP contribution in [0.5, 0.6) is 0 Å². The summed E-state index contributed by atoms with van der Waals surface area (Å²) in [4.78, 5) is 49.7. The largest absolute Gasteiger partial charge is 0.466 e. The molecule has 0 saturated heterocycles. The van der Waals surface area contributed by atoms with E-state index in [4.69, 9.17) is 14.6 Å². The molecule has 11 heteroatoms. The number of aliphatic hydroxyl groups excluding tert-OH is 1. The molecule has 0 aliphatic carbocycles. The molecule has 2 atom stereocenters. The molecule has 0 fully saturated rings. The average molecular weight is 490 g/mol. The second kappa shape index (κ2) is 12.1. The third-order valence-corrected chi connectivity index (χ3v) is 5.58. The number of nitrogens with zero attached hydrogens (tertiary/aromatic N) is 1. The van der Waals surface area contributed by atoms with E-state index in [-0.39, 0.29) is 42.4 Å². The van der Waals surface area contributed by atoms with Crippen LogP contribution in [-0.4, -0.2) is 54.2 Å². The van der Waals surface area contributed by atoms with Gasteiger partial charge in [0.2, 0.25) is 0 Å². The molecule has 0 radical (unpaired) electrons. The lowest BCUT2D eigenvalue weighted by molar-refractivity contribution is -0.384. The Labute approximate surface area is 203 Å². The van der Waals surface area contributed by atoms with E-state index in [1.807, 2.05) is 0 Å². The van der Waals surface area contributed by atoms with Gasteiger partial charge in [0.25, 0.3) is 11.6 Å². The van der Waals surface area contributed by atoms with Gasteiger partial charge in [0.15, 0.2) is 0 Å². The minimum atomic E-state index is -0.999. The average Bonchev–Trinajstić information content (AvgIpc) is 2.81. The number of rotatable bonds is 10. The standard InChI is InChI=1S/C24H31N3O8/c1-13(2)21(24(31)35-11-7-10-28)26-22(29)18-14(3)25-15(4)19(23(30)34-5)20(18)16-8-6-9-17(12-16)27(32)33/h6,8-9,12-13,20-21,25,28H,7,10-11H2,1-5H3,(H,26,29). The van der Waals surface area contributed by atoms with Crippen molar-refractivity contribution in [1.82, 2.24) is 10.6 Å². The number of hydrogen-bond acceptors (Lipinski definition) is 9. The van der Waals surface area contributed by atoms with Gasteiger partial charge < -0.3 is 25.2 Å². The number of ether oxygens (including phenoxy) is 2. The molecule has 190 valence electrons. The number of hydrogen-bond donors (Lipinski definition) is 3. The molecule has 1 aromatic carbocycles. The molecule has 11 nitrogen and oxygen atoms in total. The summed E-state index contributed by atoms with van der Waals surface area (Å²) in [6, 6.07) is 4.67. The Balaban J connectivity index is 2.54. The number of non-ortho nitro benzene ring substituents is 1. The van der Waals surface area contributed by atoms with Crippen molar-refractivity contribution in [2.45, 2.75) is 46.1 Å². The summed E-state index contributed by atoms with van der Waals surface area (Å²) < 4.78 is 10.1. The zero-order valence-corrected chi connectivity index (χ0v) is 20.4. The van der Waals surface area contributed by atoms with Crippen molar-refractivity contribution in [3.05, 3.63) is 62.5 Å². The van der Waals surface area contributed by atoms with Gasteiger partial charge in [-0.05, 0) is 25.3 Å². The van der Waals surface area contributed by atoms with Crippen LogP contribution in [0.1, 0.15) is 45.6 Å². The fourth-order valence-electron chi connectivity index (χ4n) is 3.87. The van der Waals surface area contributed by atoms with Gasteiger partial charge in [-0.15, -0.1) is 0 Å². The highest BCUT2D eigenvalue weighted by molar-refractivity contribution is 6.03. The normalized spacial score (nSPS) is 16.5. The predicted molar refractivity (Wildman–Crippen MR) is 126 cm³/mol. The van der Waals surface area contributed by atoms with Crippen LogP contribution < -0.4 is 10.6 Å².